The first-order chi connectivity index (χ1) is 16.9. The van der Waals surface area contributed by atoms with E-state index < -0.39 is 38.7 Å². The molecule has 0 saturated carbocycles. The predicted molar refractivity (Wildman–Crippen MR) is 128 cm³/mol. The van der Waals surface area contributed by atoms with Gasteiger partial charge in [-0.3, -0.25) is 14.1 Å². The van der Waals surface area contributed by atoms with Crippen molar-refractivity contribution in [2.24, 2.45) is 5.92 Å². The Kier molecular flexibility index (Phi) is 7.41. The molecule has 36 heavy (non-hydrogen) atoms. The summed E-state index contributed by atoms with van der Waals surface area (Å²) >= 11 is 0. The smallest absolute Gasteiger partial charge is 0.380 e. The monoisotopic (exact) mass is 532 g/mol. The van der Waals surface area contributed by atoms with Gasteiger partial charge < -0.3 is 20.4 Å². The normalized spacial score (nSPS) is 17.3. The lowest BCUT2D eigenvalue weighted by Gasteiger charge is -2.35. The Morgan fingerprint density at radius 1 is 0.944 bits per heavy atom. The average molecular weight is 533 g/mol. The van der Waals surface area contributed by atoms with Crippen molar-refractivity contribution in [3.8, 4) is 0 Å². The molecular formula is C21H27F3N6O5S. The van der Waals surface area contributed by atoms with Crippen molar-refractivity contribution in [2.45, 2.75) is 31.9 Å². The fourth-order valence-corrected chi connectivity index (χ4v) is 4.66. The lowest BCUT2D eigenvalue weighted by molar-refractivity contribution is -0.144. The summed E-state index contributed by atoms with van der Waals surface area (Å²) in [7, 11) is -4.20. The first-order valence-electron chi connectivity index (χ1n) is 11.6. The third kappa shape index (κ3) is 6.06. The molecule has 198 valence electrons. The van der Waals surface area contributed by atoms with Gasteiger partial charge in [-0.05, 0) is 31.6 Å². The SMILES string of the molecule is O=c1c(NCCC2CCN(c3cc(N4CCC4)nc(C(F)(F)F)n3)CC2)c(NCCS(=O)(=O)O)c1=O. The molecule has 0 aliphatic carbocycles. The molecule has 2 aliphatic rings. The van der Waals surface area contributed by atoms with Crippen LogP contribution in [0.5, 0.6) is 0 Å². The molecule has 15 heteroatoms. The van der Waals surface area contributed by atoms with Gasteiger partial charge in [0.2, 0.25) is 5.82 Å². The van der Waals surface area contributed by atoms with Crippen LogP contribution in [0.2, 0.25) is 0 Å². The zero-order valence-electron chi connectivity index (χ0n) is 19.3. The first kappa shape index (κ1) is 26.1. The minimum atomic E-state index is -4.63. The number of piperidine rings is 1. The molecule has 0 radical (unpaired) electrons. The highest BCUT2D eigenvalue weighted by Gasteiger charge is 2.37. The van der Waals surface area contributed by atoms with Crippen molar-refractivity contribution in [3.05, 3.63) is 32.3 Å². The van der Waals surface area contributed by atoms with Crippen LogP contribution in [0.15, 0.2) is 15.7 Å². The lowest BCUT2D eigenvalue weighted by Crippen LogP contribution is -2.39. The van der Waals surface area contributed by atoms with Crippen molar-refractivity contribution in [1.82, 2.24) is 9.97 Å². The summed E-state index contributed by atoms with van der Waals surface area (Å²) < 4.78 is 70.4. The van der Waals surface area contributed by atoms with Crippen molar-refractivity contribution in [2.75, 3.05) is 65.5 Å². The Labute approximate surface area is 205 Å². The van der Waals surface area contributed by atoms with Crippen LogP contribution in [0.1, 0.15) is 31.5 Å². The summed E-state index contributed by atoms with van der Waals surface area (Å²) in [6, 6.07) is 1.61. The quantitative estimate of drug-likeness (QED) is 0.301. The van der Waals surface area contributed by atoms with Crippen LogP contribution >= 0.6 is 0 Å². The topological polar surface area (TPSA) is 145 Å². The highest BCUT2D eigenvalue weighted by atomic mass is 32.2. The molecule has 2 aliphatic heterocycles. The highest BCUT2D eigenvalue weighted by Crippen LogP contribution is 2.33. The van der Waals surface area contributed by atoms with Gasteiger partial charge in [-0.1, -0.05) is 0 Å². The van der Waals surface area contributed by atoms with E-state index in [0.29, 0.717) is 45.0 Å². The molecule has 2 saturated heterocycles. The second-order valence-electron chi connectivity index (χ2n) is 9.01. The molecule has 1 aromatic heterocycles. The molecule has 0 unspecified atom stereocenters. The van der Waals surface area contributed by atoms with Gasteiger partial charge in [-0.15, -0.1) is 0 Å². The van der Waals surface area contributed by atoms with Gasteiger partial charge in [0.25, 0.3) is 21.0 Å². The summed E-state index contributed by atoms with van der Waals surface area (Å²) in [5, 5.41) is 5.47. The predicted octanol–water partition coefficient (Wildman–Crippen LogP) is 1.32. The van der Waals surface area contributed by atoms with Gasteiger partial charge in [0, 0.05) is 45.3 Å². The third-order valence-electron chi connectivity index (χ3n) is 6.50. The summed E-state index contributed by atoms with van der Waals surface area (Å²) in [5.74, 6) is -0.920. The maximum Gasteiger partial charge on any atom is 0.451 e. The number of hydrogen-bond donors (Lipinski definition) is 3. The molecule has 2 aromatic rings. The van der Waals surface area contributed by atoms with Crippen LogP contribution in [0, 0.1) is 5.92 Å². The van der Waals surface area contributed by atoms with Crippen LogP contribution < -0.4 is 31.3 Å². The molecule has 11 nitrogen and oxygen atoms in total. The molecule has 4 rings (SSSR count). The van der Waals surface area contributed by atoms with Crippen molar-refractivity contribution < 1.29 is 26.1 Å². The first-order valence-corrected chi connectivity index (χ1v) is 13.3. The highest BCUT2D eigenvalue weighted by molar-refractivity contribution is 7.85. The van der Waals surface area contributed by atoms with Crippen LogP contribution in [-0.2, 0) is 16.3 Å². The maximum atomic E-state index is 13.3. The Bertz CT molecular complexity index is 1270. The molecule has 0 bridgehead atoms. The number of aromatic nitrogens is 2. The molecule has 1 aromatic carbocycles. The number of alkyl halides is 3. The summed E-state index contributed by atoms with van der Waals surface area (Å²) in [6.45, 7) is 2.58. The van der Waals surface area contributed by atoms with Gasteiger partial charge in [0.15, 0.2) is 0 Å². The third-order valence-corrected chi connectivity index (χ3v) is 7.22. The zero-order chi connectivity index (χ0) is 26.1. The number of nitrogens with zero attached hydrogens (tertiary/aromatic N) is 4. The van der Waals surface area contributed by atoms with Crippen molar-refractivity contribution in [3.63, 3.8) is 0 Å². The van der Waals surface area contributed by atoms with Crippen LogP contribution in [0.3, 0.4) is 0 Å². The Hall–Kier alpha value is -2.94. The Morgan fingerprint density at radius 2 is 1.47 bits per heavy atom. The van der Waals surface area contributed by atoms with E-state index in [9.17, 15) is 31.2 Å². The Morgan fingerprint density at radius 3 is 1.94 bits per heavy atom. The van der Waals surface area contributed by atoms with Crippen molar-refractivity contribution >= 4 is 33.1 Å². The molecule has 0 amide bonds. The van der Waals surface area contributed by atoms with Gasteiger partial charge in [-0.25, -0.2) is 9.97 Å². The largest absolute Gasteiger partial charge is 0.451 e. The standard InChI is InChI=1S/C21H27F3N6O5S/c22-21(23,24)20-27-14(29-7-1-8-29)12-15(28-20)30-9-3-13(4-10-30)2-5-25-16-17(19(32)18(16)31)26-6-11-36(33,34)35/h12-13,25-26H,1-11H2,(H,33,34,35). The van der Waals surface area contributed by atoms with Gasteiger partial charge >= 0.3 is 6.18 Å². The number of rotatable bonds is 10. The van der Waals surface area contributed by atoms with E-state index in [1.165, 1.54) is 0 Å². The summed E-state index contributed by atoms with van der Waals surface area (Å²) in [4.78, 5) is 34.7. The van der Waals surface area contributed by atoms with Crippen LogP contribution in [-0.4, -0.2) is 68.0 Å². The minimum Gasteiger partial charge on any atom is -0.380 e. The Balaban J connectivity index is 1.29. The van der Waals surface area contributed by atoms with E-state index in [0.717, 1.165) is 19.3 Å². The fraction of sp³-hybridized carbons (Fsp3) is 0.619. The van der Waals surface area contributed by atoms with Crippen molar-refractivity contribution in [1.29, 1.82) is 0 Å². The molecule has 3 heterocycles. The minimum absolute atomic E-state index is 0.000654. The fourth-order valence-electron chi connectivity index (χ4n) is 4.30. The van der Waals surface area contributed by atoms with E-state index in [-0.39, 0.29) is 29.7 Å². The number of anilines is 4. The number of hydrogen-bond acceptors (Lipinski definition) is 10. The van der Waals surface area contributed by atoms with Gasteiger partial charge in [0.1, 0.15) is 23.0 Å². The summed E-state index contributed by atoms with van der Waals surface area (Å²) in [6.07, 6.45) is -1.60. The summed E-state index contributed by atoms with van der Waals surface area (Å²) in [5.41, 5.74) is -1.35. The van der Waals surface area contributed by atoms with E-state index in [1.54, 1.807) is 11.0 Å². The second-order valence-corrected chi connectivity index (χ2v) is 10.6. The van der Waals surface area contributed by atoms with E-state index in [4.69, 9.17) is 4.55 Å². The second kappa shape index (κ2) is 10.2. The van der Waals surface area contributed by atoms with Gasteiger partial charge in [-0.2, -0.15) is 21.6 Å². The van der Waals surface area contributed by atoms with Crippen LogP contribution in [0.25, 0.3) is 0 Å². The molecule has 2 fully saturated rings. The molecule has 0 spiro atoms. The molecule has 3 N–H and O–H groups in total. The molecular weight excluding hydrogens is 505 g/mol. The number of nitrogens with one attached hydrogen (secondary N) is 2. The van der Waals surface area contributed by atoms with E-state index in [2.05, 4.69) is 20.6 Å². The molecule has 0 atom stereocenters. The van der Waals surface area contributed by atoms with E-state index >= 15 is 0 Å². The van der Waals surface area contributed by atoms with Gasteiger partial charge in [0.05, 0.1) is 5.75 Å². The zero-order valence-corrected chi connectivity index (χ0v) is 20.2. The lowest BCUT2D eigenvalue weighted by atomic mass is 9.93. The van der Waals surface area contributed by atoms with Crippen LogP contribution in [0.4, 0.5) is 36.2 Å². The van der Waals surface area contributed by atoms with E-state index in [1.807, 2.05) is 4.90 Å². The average Bonchev–Trinajstić information content (AvgIpc) is 2.77. The number of halogens is 3. The maximum absolute atomic E-state index is 13.3.